The van der Waals surface area contributed by atoms with Gasteiger partial charge in [-0.3, -0.25) is 9.69 Å². The number of aliphatic hydroxyl groups excluding tert-OH is 1. The van der Waals surface area contributed by atoms with Gasteiger partial charge in [-0.2, -0.15) is 0 Å². The Bertz CT molecular complexity index is 436. The van der Waals surface area contributed by atoms with Crippen LogP contribution in [-0.4, -0.2) is 41.7 Å². The van der Waals surface area contributed by atoms with Crippen molar-refractivity contribution in [1.82, 2.24) is 4.90 Å². The van der Waals surface area contributed by atoms with Gasteiger partial charge in [0.2, 0.25) is 5.91 Å². The number of likely N-dealkylation sites (tertiary alicyclic amines) is 1. The highest BCUT2D eigenvalue weighted by atomic mass is 35.5. The third-order valence-electron chi connectivity index (χ3n) is 3.61. The average Bonchev–Trinajstić information content (AvgIpc) is 2.89. The van der Waals surface area contributed by atoms with E-state index < -0.39 is 0 Å². The maximum Gasteiger partial charge on any atom is 0.241 e. The van der Waals surface area contributed by atoms with Crippen molar-refractivity contribution in [3.8, 4) is 0 Å². The number of carbonyl (C=O) groups is 1. The molecule has 2 unspecified atom stereocenters. The molecule has 0 bridgehead atoms. The second-order valence-corrected chi connectivity index (χ2v) is 5.44. The molecular formula is C14H19ClN2O2. The Hall–Kier alpha value is -1.10. The normalized spacial score (nSPS) is 21.3. The molecule has 1 aromatic carbocycles. The molecule has 1 aromatic rings. The van der Waals surface area contributed by atoms with Gasteiger partial charge in [0.25, 0.3) is 0 Å². The zero-order valence-corrected chi connectivity index (χ0v) is 11.7. The minimum absolute atomic E-state index is 0.0269. The van der Waals surface area contributed by atoms with Crippen LogP contribution in [0.5, 0.6) is 0 Å². The van der Waals surface area contributed by atoms with Gasteiger partial charge in [0.05, 0.1) is 6.04 Å². The largest absolute Gasteiger partial charge is 0.396 e. The van der Waals surface area contributed by atoms with Crippen LogP contribution in [0.4, 0.5) is 5.69 Å². The molecule has 5 heteroatoms. The smallest absolute Gasteiger partial charge is 0.241 e. The number of anilines is 1. The number of carbonyl (C=O) groups excluding carboxylic acids is 1. The number of amides is 1. The van der Waals surface area contributed by atoms with Crippen LogP contribution in [0.3, 0.4) is 0 Å². The molecule has 2 atom stereocenters. The van der Waals surface area contributed by atoms with E-state index in [1.54, 1.807) is 24.3 Å². The van der Waals surface area contributed by atoms with Gasteiger partial charge < -0.3 is 10.4 Å². The Morgan fingerprint density at radius 3 is 2.79 bits per heavy atom. The Balaban J connectivity index is 1.91. The Morgan fingerprint density at radius 1 is 1.53 bits per heavy atom. The first-order valence-corrected chi connectivity index (χ1v) is 6.89. The van der Waals surface area contributed by atoms with Crippen LogP contribution >= 0.6 is 11.6 Å². The van der Waals surface area contributed by atoms with Gasteiger partial charge in [-0.05, 0) is 50.1 Å². The van der Waals surface area contributed by atoms with Crippen molar-refractivity contribution >= 4 is 23.2 Å². The van der Waals surface area contributed by atoms with Crippen LogP contribution < -0.4 is 5.32 Å². The molecule has 0 aromatic heterocycles. The fraction of sp³-hybridized carbons (Fsp3) is 0.500. The fourth-order valence-corrected chi connectivity index (χ4v) is 2.44. The highest BCUT2D eigenvalue weighted by Crippen LogP contribution is 2.19. The van der Waals surface area contributed by atoms with Crippen LogP contribution in [0.15, 0.2) is 24.3 Å². The van der Waals surface area contributed by atoms with E-state index in [0.29, 0.717) is 10.9 Å². The summed E-state index contributed by atoms with van der Waals surface area (Å²) in [7, 11) is 0. The molecule has 2 N–H and O–H groups in total. The summed E-state index contributed by atoms with van der Waals surface area (Å²) in [6, 6.07) is 6.88. The van der Waals surface area contributed by atoms with Gasteiger partial charge in [0.15, 0.2) is 0 Å². The summed E-state index contributed by atoms with van der Waals surface area (Å²) in [5.41, 5.74) is 0.749. The van der Waals surface area contributed by atoms with E-state index in [9.17, 15) is 4.79 Å². The summed E-state index contributed by atoms with van der Waals surface area (Å²) in [5.74, 6) is 0.270. The quantitative estimate of drug-likeness (QED) is 0.888. The maximum absolute atomic E-state index is 12.1. The molecule has 1 aliphatic rings. The summed E-state index contributed by atoms with van der Waals surface area (Å²) in [6.45, 7) is 3.74. The summed E-state index contributed by atoms with van der Waals surface area (Å²) >= 11 is 5.80. The van der Waals surface area contributed by atoms with Crippen molar-refractivity contribution in [1.29, 1.82) is 0 Å². The van der Waals surface area contributed by atoms with Crippen molar-refractivity contribution in [3.63, 3.8) is 0 Å². The monoisotopic (exact) mass is 282 g/mol. The number of aliphatic hydroxyl groups is 1. The first-order chi connectivity index (χ1) is 9.10. The molecule has 1 aliphatic heterocycles. The van der Waals surface area contributed by atoms with E-state index in [1.807, 2.05) is 6.92 Å². The van der Waals surface area contributed by atoms with E-state index in [0.717, 1.165) is 25.2 Å². The number of hydrogen-bond acceptors (Lipinski definition) is 3. The summed E-state index contributed by atoms with van der Waals surface area (Å²) < 4.78 is 0. The molecule has 0 spiro atoms. The summed E-state index contributed by atoms with van der Waals surface area (Å²) in [4.78, 5) is 14.2. The molecule has 1 amide bonds. The predicted molar refractivity (Wildman–Crippen MR) is 76.3 cm³/mol. The number of rotatable bonds is 4. The van der Waals surface area contributed by atoms with Crippen LogP contribution in [0.1, 0.15) is 13.3 Å². The highest BCUT2D eigenvalue weighted by molar-refractivity contribution is 6.30. The van der Waals surface area contributed by atoms with Crippen LogP contribution in [0.2, 0.25) is 5.02 Å². The lowest BCUT2D eigenvalue weighted by atomic mass is 10.1. The summed E-state index contributed by atoms with van der Waals surface area (Å²) in [5, 5.41) is 12.7. The van der Waals surface area contributed by atoms with E-state index in [2.05, 4.69) is 10.2 Å². The minimum atomic E-state index is -0.188. The van der Waals surface area contributed by atoms with Crippen molar-refractivity contribution in [2.45, 2.75) is 19.4 Å². The average molecular weight is 283 g/mol. The van der Waals surface area contributed by atoms with Crippen LogP contribution in [0.25, 0.3) is 0 Å². The fourth-order valence-electron chi connectivity index (χ4n) is 2.31. The molecule has 1 fully saturated rings. The number of halogens is 1. The van der Waals surface area contributed by atoms with Crippen molar-refractivity contribution in [2.75, 3.05) is 25.0 Å². The molecule has 0 saturated carbocycles. The van der Waals surface area contributed by atoms with Gasteiger partial charge in [-0.15, -0.1) is 0 Å². The topological polar surface area (TPSA) is 52.6 Å². The molecule has 1 heterocycles. The molecule has 104 valence electrons. The molecular weight excluding hydrogens is 264 g/mol. The Kier molecular flexibility index (Phi) is 4.80. The van der Waals surface area contributed by atoms with Crippen molar-refractivity contribution < 1.29 is 9.90 Å². The van der Waals surface area contributed by atoms with Crippen molar-refractivity contribution in [2.24, 2.45) is 5.92 Å². The zero-order chi connectivity index (χ0) is 13.8. The summed E-state index contributed by atoms with van der Waals surface area (Å²) in [6.07, 6.45) is 0.953. The first-order valence-electron chi connectivity index (χ1n) is 6.51. The minimum Gasteiger partial charge on any atom is -0.396 e. The second-order valence-electron chi connectivity index (χ2n) is 5.00. The van der Waals surface area contributed by atoms with E-state index in [1.165, 1.54) is 0 Å². The molecule has 0 aliphatic carbocycles. The van der Waals surface area contributed by atoms with Gasteiger partial charge in [0, 0.05) is 23.9 Å². The Labute approximate surface area is 118 Å². The maximum atomic E-state index is 12.1. The zero-order valence-electron chi connectivity index (χ0n) is 11.0. The van der Waals surface area contributed by atoms with E-state index in [-0.39, 0.29) is 18.6 Å². The lowest BCUT2D eigenvalue weighted by Crippen LogP contribution is -2.40. The number of hydrogen-bond donors (Lipinski definition) is 2. The van der Waals surface area contributed by atoms with Crippen LogP contribution in [0, 0.1) is 5.92 Å². The molecule has 4 nitrogen and oxygen atoms in total. The predicted octanol–water partition coefficient (Wildman–Crippen LogP) is 1.98. The standard InChI is InChI=1S/C14H19ClN2O2/c1-10(17-7-6-11(8-17)9-18)14(19)16-13-4-2-12(15)3-5-13/h2-5,10-11,18H,6-9H2,1H3,(H,16,19). The van der Waals surface area contributed by atoms with Gasteiger partial charge in [0.1, 0.15) is 0 Å². The molecule has 0 radical (unpaired) electrons. The molecule has 1 saturated heterocycles. The Morgan fingerprint density at radius 2 is 2.21 bits per heavy atom. The van der Waals surface area contributed by atoms with Gasteiger partial charge in [-0.25, -0.2) is 0 Å². The first kappa shape index (κ1) is 14.3. The molecule has 2 rings (SSSR count). The molecule has 19 heavy (non-hydrogen) atoms. The number of benzene rings is 1. The lowest BCUT2D eigenvalue weighted by Gasteiger charge is -2.23. The van der Waals surface area contributed by atoms with E-state index in [4.69, 9.17) is 16.7 Å². The third kappa shape index (κ3) is 3.69. The lowest BCUT2D eigenvalue weighted by molar-refractivity contribution is -0.120. The highest BCUT2D eigenvalue weighted by Gasteiger charge is 2.29. The van der Waals surface area contributed by atoms with Gasteiger partial charge >= 0.3 is 0 Å². The number of nitrogens with zero attached hydrogens (tertiary/aromatic N) is 1. The van der Waals surface area contributed by atoms with E-state index >= 15 is 0 Å². The van der Waals surface area contributed by atoms with Crippen LogP contribution in [-0.2, 0) is 4.79 Å². The SMILES string of the molecule is CC(C(=O)Nc1ccc(Cl)cc1)N1CCC(CO)C1. The third-order valence-corrected chi connectivity index (χ3v) is 3.87. The number of nitrogens with one attached hydrogen (secondary N) is 1. The van der Waals surface area contributed by atoms with Crippen molar-refractivity contribution in [3.05, 3.63) is 29.3 Å². The second kappa shape index (κ2) is 6.37. The van der Waals surface area contributed by atoms with Gasteiger partial charge in [-0.1, -0.05) is 11.6 Å².